The summed E-state index contributed by atoms with van der Waals surface area (Å²) in [6.45, 7) is 4.76. The number of aromatic nitrogens is 1. The van der Waals surface area contributed by atoms with E-state index in [0.29, 0.717) is 0 Å². The maximum Gasteiger partial charge on any atom is 0.170 e. The summed E-state index contributed by atoms with van der Waals surface area (Å²) in [5.74, 6) is -0.245. The van der Waals surface area contributed by atoms with Gasteiger partial charge in [-0.2, -0.15) is 0 Å². The van der Waals surface area contributed by atoms with Crippen LogP contribution in [0.2, 0.25) is 0 Å². The van der Waals surface area contributed by atoms with Gasteiger partial charge in [-0.05, 0) is 18.1 Å². The second-order valence-corrected chi connectivity index (χ2v) is 5.06. The predicted octanol–water partition coefficient (Wildman–Crippen LogP) is 1.46. The largest absolute Gasteiger partial charge is 0.347 e. The minimum atomic E-state index is -0.245. The van der Waals surface area contributed by atoms with Crippen LogP contribution in [-0.2, 0) is 15.9 Å². The maximum atomic E-state index is 5.73. The molecule has 0 aromatic carbocycles. The molecule has 2 saturated heterocycles. The first-order chi connectivity index (χ1) is 8.86. The van der Waals surface area contributed by atoms with E-state index in [4.69, 9.17) is 9.47 Å². The van der Waals surface area contributed by atoms with Gasteiger partial charge in [-0.15, -0.1) is 0 Å². The zero-order chi connectivity index (χ0) is 12.3. The van der Waals surface area contributed by atoms with E-state index in [-0.39, 0.29) is 5.79 Å². The van der Waals surface area contributed by atoms with Crippen LogP contribution in [0.4, 0.5) is 0 Å². The summed E-state index contributed by atoms with van der Waals surface area (Å²) in [6.07, 6.45) is 6.85. The third kappa shape index (κ3) is 2.71. The lowest BCUT2D eigenvalue weighted by molar-refractivity contribution is -0.185. The highest BCUT2D eigenvalue weighted by Crippen LogP contribution is 2.31. The number of hydrogen-bond acceptors (Lipinski definition) is 4. The van der Waals surface area contributed by atoms with Gasteiger partial charge < -0.3 is 14.4 Å². The van der Waals surface area contributed by atoms with Crippen LogP contribution in [0, 0.1) is 0 Å². The quantitative estimate of drug-likeness (QED) is 0.811. The molecule has 0 radical (unpaired) electrons. The van der Waals surface area contributed by atoms with Gasteiger partial charge in [0.05, 0.1) is 13.2 Å². The molecule has 18 heavy (non-hydrogen) atoms. The summed E-state index contributed by atoms with van der Waals surface area (Å²) in [6, 6.07) is 4.14. The van der Waals surface area contributed by atoms with Crippen molar-refractivity contribution in [1.82, 2.24) is 9.88 Å². The van der Waals surface area contributed by atoms with Gasteiger partial charge in [-0.1, -0.05) is 6.07 Å². The molecule has 0 atom stereocenters. The van der Waals surface area contributed by atoms with Crippen molar-refractivity contribution in [3.05, 3.63) is 30.1 Å². The summed E-state index contributed by atoms with van der Waals surface area (Å²) in [4.78, 5) is 6.64. The molecule has 4 nitrogen and oxygen atoms in total. The van der Waals surface area contributed by atoms with E-state index < -0.39 is 0 Å². The van der Waals surface area contributed by atoms with Gasteiger partial charge >= 0.3 is 0 Å². The van der Waals surface area contributed by atoms with Crippen molar-refractivity contribution in [3.8, 4) is 0 Å². The highest BCUT2D eigenvalue weighted by Gasteiger charge is 2.39. The molecular formula is C14H20N2O2. The number of piperidine rings is 1. The highest BCUT2D eigenvalue weighted by atomic mass is 16.7. The Morgan fingerprint density at radius 2 is 2.00 bits per heavy atom. The van der Waals surface area contributed by atoms with Gasteiger partial charge in [-0.3, -0.25) is 4.98 Å². The molecule has 2 fully saturated rings. The van der Waals surface area contributed by atoms with Crippen LogP contribution in [0.3, 0.4) is 0 Å². The van der Waals surface area contributed by atoms with Gasteiger partial charge in [0, 0.05) is 44.9 Å². The molecule has 1 aromatic rings. The van der Waals surface area contributed by atoms with E-state index in [1.54, 1.807) is 0 Å². The zero-order valence-electron chi connectivity index (χ0n) is 10.7. The molecule has 3 heterocycles. The van der Waals surface area contributed by atoms with Crippen molar-refractivity contribution in [2.45, 2.75) is 25.0 Å². The van der Waals surface area contributed by atoms with E-state index in [1.165, 1.54) is 5.56 Å². The van der Waals surface area contributed by atoms with E-state index in [0.717, 1.165) is 52.1 Å². The molecule has 1 spiro atoms. The molecule has 4 heteroatoms. The van der Waals surface area contributed by atoms with Crippen LogP contribution < -0.4 is 0 Å². The first-order valence-electron chi connectivity index (χ1n) is 6.76. The lowest BCUT2D eigenvalue weighted by Gasteiger charge is -2.37. The Morgan fingerprint density at radius 3 is 2.67 bits per heavy atom. The third-order valence-electron chi connectivity index (χ3n) is 3.87. The molecule has 0 amide bonds. The van der Waals surface area contributed by atoms with Gasteiger partial charge in [0.1, 0.15) is 0 Å². The van der Waals surface area contributed by atoms with Gasteiger partial charge in [0.25, 0.3) is 0 Å². The summed E-state index contributed by atoms with van der Waals surface area (Å²) in [5.41, 5.74) is 1.31. The predicted molar refractivity (Wildman–Crippen MR) is 68.3 cm³/mol. The maximum absolute atomic E-state index is 5.73. The van der Waals surface area contributed by atoms with Crippen LogP contribution >= 0.6 is 0 Å². The number of rotatable bonds is 3. The molecule has 0 saturated carbocycles. The van der Waals surface area contributed by atoms with Crippen molar-refractivity contribution in [1.29, 1.82) is 0 Å². The van der Waals surface area contributed by atoms with Crippen LogP contribution in [0.5, 0.6) is 0 Å². The Kier molecular flexibility index (Phi) is 3.59. The van der Waals surface area contributed by atoms with Crippen LogP contribution in [0.15, 0.2) is 24.5 Å². The Morgan fingerprint density at radius 1 is 1.22 bits per heavy atom. The topological polar surface area (TPSA) is 34.6 Å². The van der Waals surface area contributed by atoms with Crippen LogP contribution in [0.1, 0.15) is 18.4 Å². The molecule has 98 valence electrons. The fourth-order valence-corrected chi connectivity index (χ4v) is 2.74. The van der Waals surface area contributed by atoms with Crippen LogP contribution in [0.25, 0.3) is 0 Å². The molecule has 2 aliphatic heterocycles. The lowest BCUT2D eigenvalue weighted by atomic mass is 10.0. The molecule has 0 aliphatic carbocycles. The zero-order valence-corrected chi connectivity index (χ0v) is 10.7. The van der Waals surface area contributed by atoms with Crippen molar-refractivity contribution < 1.29 is 9.47 Å². The monoisotopic (exact) mass is 248 g/mol. The molecule has 1 aromatic heterocycles. The van der Waals surface area contributed by atoms with Gasteiger partial charge in [0.2, 0.25) is 0 Å². The molecule has 0 N–H and O–H groups in total. The van der Waals surface area contributed by atoms with E-state index >= 15 is 0 Å². The van der Waals surface area contributed by atoms with E-state index in [1.807, 2.05) is 18.5 Å². The third-order valence-corrected chi connectivity index (χ3v) is 3.87. The fraction of sp³-hybridized carbons (Fsp3) is 0.643. The summed E-state index contributed by atoms with van der Waals surface area (Å²) >= 11 is 0. The molecule has 0 unspecified atom stereocenters. The molecule has 0 bridgehead atoms. The minimum Gasteiger partial charge on any atom is -0.347 e. The number of pyridine rings is 1. The Bertz CT molecular complexity index is 367. The van der Waals surface area contributed by atoms with Crippen molar-refractivity contribution in [2.75, 3.05) is 32.8 Å². The first-order valence-corrected chi connectivity index (χ1v) is 6.76. The van der Waals surface area contributed by atoms with Crippen LogP contribution in [-0.4, -0.2) is 48.5 Å². The minimum absolute atomic E-state index is 0.245. The summed E-state index contributed by atoms with van der Waals surface area (Å²) in [7, 11) is 0. The van der Waals surface area contributed by atoms with Crippen molar-refractivity contribution >= 4 is 0 Å². The standard InChI is InChI=1S/C14H20N2O2/c1-2-13(12-15-6-1)3-7-16-8-4-14(5-9-16)17-10-11-18-14/h1-2,6,12H,3-5,7-11H2. The van der Waals surface area contributed by atoms with Gasteiger partial charge in [-0.25, -0.2) is 0 Å². The highest BCUT2D eigenvalue weighted by molar-refractivity contribution is 5.08. The van der Waals surface area contributed by atoms with E-state index in [9.17, 15) is 0 Å². The lowest BCUT2D eigenvalue weighted by Crippen LogP contribution is -2.45. The number of likely N-dealkylation sites (tertiary alicyclic amines) is 1. The first kappa shape index (κ1) is 12.1. The van der Waals surface area contributed by atoms with Crippen molar-refractivity contribution in [2.24, 2.45) is 0 Å². The smallest absolute Gasteiger partial charge is 0.170 e. The Hall–Kier alpha value is -0.970. The van der Waals surface area contributed by atoms with Gasteiger partial charge in [0.15, 0.2) is 5.79 Å². The second kappa shape index (κ2) is 5.34. The Labute approximate surface area is 108 Å². The number of ether oxygens (including phenoxy) is 2. The normalized spacial score (nSPS) is 23.6. The number of nitrogens with zero attached hydrogens (tertiary/aromatic N) is 2. The summed E-state index contributed by atoms with van der Waals surface area (Å²) < 4.78 is 11.5. The average Bonchev–Trinajstić information content (AvgIpc) is 2.88. The SMILES string of the molecule is c1cncc(CCN2CCC3(CC2)OCCO3)c1. The average molecular weight is 248 g/mol. The number of hydrogen-bond donors (Lipinski definition) is 0. The van der Waals surface area contributed by atoms with Crippen molar-refractivity contribution in [3.63, 3.8) is 0 Å². The molecule has 2 aliphatic rings. The van der Waals surface area contributed by atoms with E-state index in [2.05, 4.69) is 16.0 Å². The molecule has 3 rings (SSSR count). The Balaban J connectivity index is 1.46. The molecular weight excluding hydrogens is 228 g/mol. The summed E-state index contributed by atoms with van der Waals surface area (Å²) in [5, 5.41) is 0. The second-order valence-electron chi connectivity index (χ2n) is 5.06. The fourth-order valence-electron chi connectivity index (χ4n) is 2.74.